The number of aliphatic hydroxyl groups is 2. The summed E-state index contributed by atoms with van der Waals surface area (Å²) in [5.41, 5.74) is -1.62. The summed E-state index contributed by atoms with van der Waals surface area (Å²) in [6.45, 7) is 1.70. The molecule has 1 atom stereocenters. The summed E-state index contributed by atoms with van der Waals surface area (Å²) in [7, 11) is 3.24. The summed E-state index contributed by atoms with van der Waals surface area (Å²) in [6.07, 6.45) is -2.02. The van der Waals surface area contributed by atoms with Crippen LogP contribution in [0.2, 0.25) is 0 Å². The fourth-order valence-electron chi connectivity index (χ4n) is 5.42. The van der Waals surface area contributed by atoms with Crippen molar-refractivity contribution in [1.29, 1.82) is 0 Å². The van der Waals surface area contributed by atoms with E-state index < -0.39 is 28.5 Å². The fourth-order valence-corrected chi connectivity index (χ4v) is 5.42. The van der Waals surface area contributed by atoms with Crippen LogP contribution in [-0.2, 0) is 27.3 Å². The molecule has 4 rings (SSSR count). The Hall–Kier alpha value is -1.97. The smallest absolute Gasteiger partial charge is 0.381 e. The highest BCUT2D eigenvalue weighted by Gasteiger charge is 2.66. The number of benzene rings is 1. The molecule has 0 saturated heterocycles. The van der Waals surface area contributed by atoms with Crippen LogP contribution in [0, 0.1) is 5.41 Å². The number of hydrogen-bond acceptors (Lipinski definition) is 5. The van der Waals surface area contributed by atoms with Crippen LogP contribution in [0.4, 0.5) is 13.2 Å². The molecule has 1 amide bonds. The van der Waals surface area contributed by atoms with E-state index >= 15 is 0 Å². The first kappa shape index (κ1) is 21.3. The van der Waals surface area contributed by atoms with Crippen LogP contribution in [0.15, 0.2) is 23.2 Å². The van der Waals surface area contributed by atoms with Gasteiger partial charge in [0, 0.05) is 25.1 Å². The monoisotopic (exact) mass is 426 g/mol. The van der Waals surface area contributed by atoms with Crippen molar-refractivity contribution in [2.45, 2.75) is 62.6 Å². The minimum absolute atomic E-state index is 0.0685. The minimum Gasteiger partial charge on any atom is -0.381 e. The molecule has 1 aromatic rings. The first-order valence-electron chi connectivity index (χ1n) is 9.92. The Kier molecular flexibility index (Phi) is 4.62. The summed E-state index contributed by atoms with van der Waals surface area (Å²) in [6, 6.07) is 3.64. The summed E-state index contributed by atoms with van der Waals surface area (Å²) in [4.78, 5) is 19.7. The van der Waals surface area contributed by atoms with E-state index in [9.17, 15) is 28.2 Å². The van der Waals surface area contributed by atoms with Gasteiger partial charge in [0.05, 0.1) is 6.10 Å². The van der Waals surface area contributed by atoms with Crippen molar-refractivity contribution in [1.82, 2.24) is 4.90 Å². The molecule has 2 aliphatic carbocycles. The first-order chi connectivity index (χ1) is 13.9. The van der Waals surface area contributed by atoms with E-state index in [0.29, 0.717) is 36.2 Å². The highest BCUT2D eigenvalue weighted by molar-refractivity contribution is 6.08. The Morgan fingerprint density at radius 3 is 2.37 bits per heavy atom. The van der Waals surface area contributed by atoms with Gasteiger partial charge in [0.1, 0.15) is 5.84 Å². The van der Waals surface area contributed by atoms with Gasteiger partial charge in [-0.3, -0.25) is 9.79 Å². The number of fused-ring (bicyclic) bond motifs is 3. The van der Waals surface area contributed by atoms with Crippen molar-refractivity contribution in [3.63, 3.8) is 0 Å². The summed E-state index contributed by atoms with van der Waals surface area (Å²) >= 11 is 0. The average molecular weight is 426 g/mol. The van der Waals surface area contributed by atoms with Crippen LogP contribution < -0.4 is 0 Å². The third kappa shape index (κ3) is 2.61. The maximum absolute atomic E-state index is 13.5. The lowest BCUT2D eigenvalue weighted by atomic mass is 9.61. The van der Waals surface area contributed by atoms with Crippen LogP contribution in [0.25, 0.3) is 0 Å². The molecule has 1 saturated carbocycles. The van der Waals surface area contributed by atoms with Gasteiger partial charge in [0.15, 0.2) is 5.54 Å². The van der Waals surface area contributed by atoms with Gasteiger partial charge < -0.3 is 19.8 Å². The van der Waals surface area contributed by atoms with E-state index in [-0.39, 0.29) is 12.0 Å². The van der Waals surface area contributed by atoms with E-state index in [1.54, 1.807) is 21.1 Å². The molecule has 2 spiro atoms. The predicted molar refractivity (Wildman–Crippen MR) is 102 cm³/mol. The summed E-state index contributed by atoms with van der Waals surface area (Å²) in [5, 5.41) is 19.6. The molecule has 30 heavy (non-hydrogen) atoms. The van der Waals surface area contributed by atoms with E-state index in [1.165, 1.54) is 11.0 Å². The largest absolute Gasteiger partial charge is 0.447 e. The van der Waals surface area contributed by atoms with Crippen molar-refractivity contribution < 1.29 is 32.9 Å². The Morgan fingerprint density at radius 2 is 1.87 bits per heavy atom. The van der Waals surface area contributed by atoms with Crippen molar-refractivity contribution in [2.75, 3.05) is 14.2 Å². The number of alkyl halides is 3. The standard InChI is InChI=1S/C21H25F3N2O4/c1-12-25-19(17(27)26(12)2)16-10-14(20(28,29)21(22,23)24)5-4-13(16)11-18(19)8-6-15(30-3)7-9-18/h4-5,10,15,28-29H,6-9,11H2,1-3H3. The second-order valence-electron chi connectivity index (χ2n) is 8.67. The lowest BCUT2D eigenvalue weighted by molar-refractivity contribution is -0.358. The molecule has 2 N–H and O–H groups in total. The van der Waals surface area contributed by atoms with Crippen LogP contribution in [0.5, 0.6) is 0 Å². The van der Waals surface area contributed by atoms with Crippen LogP contribution in [0.3, 0.4) is 0 Å². The topological polar surface area (TPSA) is 82.4 Å². The Balaban J connectivity index is 1.89. The van der Waals surface area contributed by atoms with Crippen LogP contribution in [0.1, 0.15) is 49.3 Å². The molecule has 0 bridgehead atoms. The van der Waals surface area contributed by atoms with Crippen molar-refractivity contribution in [3.8, 4) is 0 Å². The molecule has 0 aromatic heterocycles. The lowest BCUT2D eigenvalue weighted by Gasteiger charge is -2.45. The lowest BCUT2D eigenvalue weighted by Crippen LogP contribution is -2.51. The van der Waals surface area contributed by atoms with Gasteiger partial charge in [-0.05, 0) is 56.2 Å². The van der Waals surface area contributed by atoms with E-state index in [0.717, 1.165) is 25.0 Å². The van der Waals surface area contributed by atoms with Gasteiger partial charge >= 0.3 is 6.18 Å². The van der Waals surface area contributed by atoms with Crippen LogP contribution >= 0.6 is 0 Å². The van der Waals surface area contributed by atoms with Gasteiger partial charge in [-0.1, -0.05) is 12.1 Å². The highest BCUT2D eigenvalue weighted by Crippen LogP contribution is 2.62. The molecule has 1 aliphatic heterocycles. The second-order valence-corrected chi connectivity index (χ2v) is 8.67. The zero-order valence-electron chi connectivity index (χ0n) is 17.1. The maximum atomic E-state index is 13.5. The second kappa shape index (κ2) is 6.51. The molecular formula is C21H25F3N2O4. The predicted octanol–water partition coefficient (Wildman–Crippen LogP) is 2.60. The number of carbonyl (C=O) groups is 1. The molecule has 1 fully saturated rings. The van der Waals surface area contributed by atoms with Crippen LogP contribution in [-0.4, -0.2) is 53.3 Å². The maximum Gasteiger partial charge on any atom is 0.447 e. The molecule has 0 radical (unpaired) electrons. The molecule has 1 aromatic carbocycles. The Bertz CT molecular complexity index is 919. The number of carbonyl (C=O) groups excluding carboxylic acids is 1. The van der Waals surface area contributed by atoms with Gasteiger partial charge in [-0.25, -0.2) is 0 Å². The number of methoxy groups -OCH3 is 1. The molecule has 1 heterocycles. The number of ether oxygens (including phenoxy) is 1. The van der Waals surface area contributed by atoms with E-state index in [1.807, 2.05) is 0 Å². The molecule has 1 unspecified atom stereocenters. The Morgan fingerprint density at radius 1 is 1.23 bits per heavy atom. The van der Waals surface area contributed by atoms with Gasteiger partial charge in [-0.15, -0.1) is 0 Å². The number of likely N-dealkylation sites (N-methyl/N-ethyl adjacent to an activating group) is 1. The highest BCUT2D eigenvalue weighted by atomic mass is 19.4. The van der Waals surface area contributed by atoms with E-state index in [2.05, 4.69) is 0 Å². The summed E-state index contributed by atoms with van der Waals surface area (Å²) < 4.78 is 45.2. The van der Waals surface area contributed by atoms with Crippen molar-refractivity contribution in [2.24, 2.45) is 10.4 Å². The third-order valence-corrected chi connectivity index (χ3v) is 7.25. The average Bonchev–Trinajstić information content (AvgIpc) is 3.08. The number of amides is 1. The molecule has 9 heteroatoms. The van der Waals surface area contributed by atoms with Gasteiger partial charge in [0.2, 0.25) is 0 Å². The quantitative estimate of drug-likeness (QED) is 0.713. The normalized spacial score (nSPS) is 31.6. The third-order valence-electron chi connectivity index (χ3n) is 7.25. The number of nitrogens with zero attached hydrogens (tertiary/aromatic N) is 2. The zero-order chi connectivity index (χ0) is 22.1. The Labute approximate surface area is 172 Å². The van der Waals surface area contributed by atoms with Gasteiger partial charge in [0.25, 0.3) is 11.7 Å². The van der Waals surface area contributed by atoms with Gasteiger partial charge in [-0.2, -0.15) is 13.2 Å². The number of hydrogen-bond donors (Lipinski definition) is 2. The number of amidine groups is 1. The van der Waals surface area contributed by atoms with Crippen molar-refractivity contribution >= 4 is 11.7 Å². The minimum atomic E-state index is -5.28. The molecular weight excluding hydrogens is 401 g/mol. The molecule has 3 aliphatic rings. The number of aliphatic imine (C=N–C) groups is 1. The molecule has 6 nitrogen and oxygen atoms in total. The van der Waals surface area contributed by atoms with E-state index in [4.69, 9.17) is 9.73 Å². The zero-order valence-corrected chi connectivity index (χ0v) is 17.1. The first-order valence-corrected chi connectivity index (χ1v) is 9.92. The fraction of sp³-hybridized carbons (Fsp3) is 0.619. The number of rotatable bonds is 2. The van der Waals surface area contributed by atoms with Crippen molar-refractivity contribution in [3.05, 3.63) is 34.9 Å². The molecule has 164 valence electrons. The summed E-state index contributed by atoms with van der Waals surface area (Å²) in [5.74, 6) is -3.82. The number of halogens is 3. The SMILES string of the molecule is COC1CCC2(CC1)Cc1ccc(C(O)(O)C(F)(F)F)cc1C21N=C(C)N(C)C1=O.